The highest BCUT2D eigenvalue weighted by Crippen LogP contribution is 2.42. The second kappa shape index (κ2) is 5.05. The van der Waals surface area contributed by atoms with Crippen LogP contribution in [0.25, 0.3) is 0 Å². The number of benzene rings is 1. The Balaban J connectivity index is 1.99. The molecule has 1 aromatic carbocycles. The van der Waals surface area contributed by atoms with E-state index in [0.29, 0.717) is 12.4 Å². The van der Waals surface area contributed by atoms with Crippen LogP contribution in [0.3, 0.4) is 0 Å². The fraction of sp³-hybridized carbons (Fsp3) is 0.500. The molecule has 0 heterocycles. The van der Waals surface area contributed by atoms with E-state index in [1.54, 1.807) is 12.1 Å². The Morgan fingerprint density at radius 2 is 2.12 bits per heavy atom. The van der Waals surface area contributed by atoms with Gasteiger partial charge < -0.3 is 4.74 Å². The Bertz CT molecular complexity index is 372. The van der Waals surface area contributed by atoms with E-state index in [2.05, 4.69) is 31.9 Å². The van der Waals surface area contributed by atoms with Crippen molar-refractivity contribution in [3.8, 4) is 5.75 Å². The van der Waals surface area contributed by atoms with Gasteiger partial charge in [-0.1, -0.05) is 38.3 Å². The summed E-state index contributed by atoms with van der Waals surface area (Å²) in [7, 11) is 0. The largest absolute Gasteiger partial charge is 0.490 e. The first-order valence-electron chi connectivity index (χ1n) is 5.29. The van der Waals surface area contributed by atoms with Crippen LogP contribution in [-0.4, -0.2) is 11.9 Å². The van der Waals surface area contributed by atoms with E-state index in [-0.39, 0.29) is 11.2 Å². The zero-order valence-corrected chi connectivity index (χ0v) is 12.0. The van der Waals surface area contributed by atoms with Gasteiger partial charge in [-0.25, -0.2) is 4.39 Å². The lowest BCUT2D eigenvalue weighted by Crippen LogP contribution is -2.37. The van der Waals surface area contributed by atoms with Gasteiger partial charge in [0.15, 0.2) is 11.6 Å². The van der Waals surface area contributed by atoms with Crippen molar-refractivity contribution in [2.75, 3.05) is 11.9 Å². The Morgan fingerprint density at radius 3 is 2.62 bits per heavy atom. The van der Waals surface area contributed by atoms with Crippen molar-refractivity contribution in [1.29, 1.82) is 0 Å². The van der Waals surface area contributed by atoms with Crippen LogP contribution in [0.1, 0.15) is 19.3 Å². The molecule has 1 fully saturated rings. The maximum absolute atomic E-state index is 13.5. The second-order valence-corrected chi connectivity index (χ2v) is 5.83. The van der Waals surface area contributed by atoms with Crippen LogP contribution in [0, 0.1) is 11.2 Å². The number of alkyl halides is 1. The molecule has 0 bridgehead atoms. The van der Waals surface area contributed by atoms with Crippen molar-refractivity contribution in [3.05, 3.63) is 28.5 Å². The molecule has 16 heavy (non-hydrogen) atoms. The molecule has 1 aliphatic carbocycles. The van der Waals surface area contributed by atoms with Gasteiger partial charge in [-0.15, -0.1) is 0 Å². The zero-order chi connectivity index (χ0) is 11.6. The lowest BCUT2D eigenvalue weighted by Gasteiger charge is -2.39. The van der Waals surface area contributed by atoms with Gasteiger partial charge >= 0.3 is 0 Å². The van der Waals surface area contributed by atoms with E-state index in [1.807, 2.05) is 0 Å². The summed E-state index contributed by atoms with van der Waals surface area (Å²) in [6.45, 7) is 0.594. The first-order chi connectivity index (χ1) is 7.65. The SMILES string of the molecule is Fc1cc(Br)ccc1OCC1(CBr)CCC1. The monoisotopic (exact) mass is 350 g/mol. The summed E-state index contributed by atoms with van der Waals surface area (Å²) in [6, 6.07) is 4.89. The Morgan fingerprint density at radius 1 is 1.38 bits per heavy atom. The minimum absolute atomic E-state index is 0.222. The summed E-state index contributed by atoms with van der Waals surface area (Å²) in [6.07, 6.45) is 3.57. The van der Waals surface area contributed by atoms with Crippen molar-refractivity contribution < 1.29 is 9.13 Å². The number of ether oxygens (including phenoxy) is 1. The summed E-state index contributed by atoms with van der Waals surface area (Å²) in [5, 5.41) is 0.929. The summed E-state index contributed by atoms with van der Waals surface area (Å²) in [5.41, 5.74) is 0.222. The first-order valence-corrected chi connectivity index (χ1v) is 7.20. The molecule has 4 heteroatoms. The predicted octanol–water partition coefficient (Wildman–Crippen LogP) is 4.53. The van der Waals surface area contributed by atoms with Crippen molar-refractivity contribution >= 4 is 31.9 Å². The van der Waals surface area contributed by atoms with Gasteiger partial charge in [0.25, 0.3) is 0 Å². The lowest BCUT2D eigenvalue weighted by molar-refractivity contribution is 0.0814. The molecule has 0 atom stereocenters. The molecule has 0 aromatic heterocycles. The highest BCUT2D eigenvalue weighted by Gasteiger charge is 2.36. The Hall–Kier alpha value is -0.0900. The number of rotatable bonds is 4. The second-order valence-electron chi connectivity index (χ2n) is 4.35. The molecule has 1 nitrogen and oxygen atoms in total. The summed E-state index contributed by atoms with van der Waals surface area (Å²) >= 11 is 6.73. The van der Waals surface area contributed by atoms with Crippen LogP contribution in [0.2, 0.25) is 0 Å². The van der Waals surface area contributed by atoms with Crippen molar-refractivity contribution in [2.45, 2.75) is 19.3 Å². The highest BCUT2D eigenvalue weighted by atomic mass is 79.9. The molecular weight excluding hydrogens is 339 g/mol. The maximum Gasteiger partial charge on any atom is 0.166 e. The molecule has 0 spiro atoms. The third-order valence-corrected chi connectivity index (χ3v) is 4.81. The molecule has 0 radical (unpaired) electrons. The minimum Gasteiger partial charge on any atom is -0.490 e. The number of halogens is 3. The molecule has 88 valence electrons. The normalized spacial score (nSPS) is 17.9. The van der Waals surface area contributed by atoms with Crippen molar-refractivity contribution in [3.63, 3.8) is 0 Å². The molecule has 1 aromatic rings. The van der Waals surface area contributed by atoms with Crippen LogP contribution in [0.4, 0.5) is 4.39 Å². The maximum atomic E-state index is 13.5. The van der Waals surface area contributed by atoms with Gasteiger partial charge in [0, 0.05) is 15.2 Å². The predicted molar refractivity (Wildman–Crippen MR) is 69.7 cm³/mol. The van der Waals surface area contributed by atoms with Gasteiger partial charge in [0.05, 0.1) is 6.61 Å². The molecule has 0 saturated heterocycles. The summed E-state index contributed by atoms with van der Waals surface area (Å²) in [4.78, 5) is 0. The molecule has 1 aliphatic rings. The van der Waals surface area contributed by atoms with Crippen molar-refractivity contribution in [1.82, 2.24) is 0 Å². The smallest absolute Gasteiger partial charge is 0.166 e. The lowest BCUT2D eigenvalue weighted by atomic mass is 9.71. The van der Waals surface area contributed by atoms with Crippen LogP contribution in [-0.2, 0) is 0 Å². The van der Waals surface area contributed by atoms with Gasteiger partial charge in [0.1, 0.15) is 0 Å². The van der Waals surface area contributed by atoms with E-state index in [0.717, 1.165) is 22.6 Å². The zero-order valence-electron chi connectivity index (χ0n) is 8.81. The van der Waals surface area contributed by atoms with Crippen molar-refractivity contribution in [2.24, 2.45) is 5.41 Å². The van der Waals surface area contributed by atoms with Crippen LogP contribution in [0.5, 0.6) is 5.75 Å². The minimum atomic E-state index is -0.307. The van der Waals surface area contributed by atoms with Crippen LogP contribution < -0.4 is 4.74 Å². The molecular formula is C12H13Br2FO. The average molecular weight is 352 g/mol. The third kappa shape index (κ3) is 2.59. The first kappa shape index (κ1) is 12.4. The average Bonchev–Trinajstić information content (AvgIpc) is 2.19. The van der Waals surface area contributed by atoms with E-state index < -0.39 is 0 Å². The van der Waals surface area contributed by atoms with Crippen LogP contribution >= 0.6 is 31.9 Å². The number of hydrogen-bond donors (Lipinski definition) is 0. The fourth-order valence-electron chi connectivity index (χ4n) is 1.82. The topological polar surface area (TPSA) is 9.23 Å². The number of hydrogen-bond acceptors (Lipinski definition) is 1. The molecule has 2 rings (SSSR count). The molecule has 1 saturated carbocycles. The summed E-state index contributed by atoms with van der Waals surface area (Å²) < 4.78 is 19.8. The van der Waals surface area contributed by atoms with E-state index in [4.69, 9.17) is 4.74 Å². The van der Waals surface area contributed by atoms with E-state index >= 15 is 0 Å². The van der Waals surface area contributed by atoms with Gasteiger partial charge in [-0.3, -0.25) is 0 Å². The fourth-order valence-corrected chi connectivity index (χ4v) is 2.87. The van der Waals surface area contributed by atoms with E-state index in [1.165, 1.54) is 12.5 Å². The molecule has 0 aliphatic heterocycles. The van der Waals surface area contributed by atoms with Crippen LogP contribution in [0.15, 0.2) is 22.7 Å². The van der Waals surface area contributed by atoms with Gasteiger partial charge in [-0.2, -0.15) is 0 Å². The summed E-state index contributed by atoms with van der Waals surface area (Å²) in [5.74, 6) is 0.0360. The van der Waals surface area contributed by atoms with Gasteiger partial charge in [-0.05, 0) is 31.0 Å². The van der Waals surface area contributed by atoms with E-state index in [9.17, 15) is 4.39 Å². The molecule has 0 unspecified atom stereocenters. The standard InChI is InChI=1S/C12H13Br2FO/c13-7-12(4-1-5-12)8-16-11-3-2-9(14)6-10(11)15/h2-3,6H,1,4-5,7-8H2. The molecule has 0 amide bonds. The highest BCUT2D eigenvalue weighted by molar-refractivity contribution is 9.10. The quantitative estimate of drug-likeness (QED) is 0.724. The Labute approximate surface area is 112 Å². The molecule has 0 N–H and O–H groups in total. The third-order valence-electron chi connectivity index (χ3n) is 3.13. The van der Waals surface area contributed by atoms with Gasteiger partial charge in [0.2, 0.25) is 0 Å². The Kier molecular flexibility index (Phi) is 3.90.